The standard InChI is InChI=1S/C21H27N3O2/c25-21(16-8-12-26-13-9-16)24-10-6-15(7-11-24)19-18-3-1-2-17(14-4-5-14)20(18)23-22-19/h1-3,14-16H,4-13H2,(H,22,23). The number of aromatic nitrogens is 2. The summed E-state index contributed by atoms with van der Waals surface area (Å²) in [6.07, 6.45) is 6.42. The van der Waals surface area contributed by atoms with E-state index in [9.17, 15) is 4.79 Å². The number of benzene rings is 1. The van der Waals surface area contributed by atoms with E-state index in [1.54, 1.807) is 0 Å². The number of carbonyl (C=O) groups excluding carboxylic acids is 1. The summed E-state index contributed by atoms with van der Waals surface area (Å²) in [5.41, 5.74) is 3.86. The summed E-state index contributed by atoms with van der Waals surface area (Å²) in [7, 11) is 0. The van der Waals surface area contributed by atoms with Crippen molar-refractivity contribution in [2.45, 2.75) is 50.4 Å². The lowest BCUT2D eigenvalue weighted by molar-refractivity contribution is -0.139. The first-order valence-corrected chi connectivity index (χ1v) is 10.1. The fourth-order valence-corrected chi connectivity index (χ4v) is 4.71. The Kier molecular flexibility index (Phi) is 4.20. The molecule has 5 heteroatoms. The van der Waals surface area contributed by atoms with Crippen molar-refractivity contribution >= 4 is 16.8 Å². The number of rotatable bonds is 3. The molecule has 5 rings (SSSR count). The van der Waals surface area contributed by atoms with E-state index in [-0.39, 0.29) is 5.92 Å². The second-order valence-corrected chi connectivity index (χ2v) is 8.14. The molecule has 26 heavy (non-hydrogen) atoms. The fourth-order valence-electron chi connectivity index (χ4n) is 4.71. The number of aromatic amines is 1. The summed E-state index contributed by atoms with van der Waals surface area (Å²) in [5.74, 6) is 1.72. The number of para-hydroxylation sites is 1. The zero-order valence-electron chi connectivity index (χ0n) is 15.2. The number of nitrogens with one attached hydrogen (secondary N) is 1. The third-order valence-corrected chi connectivity index (χ3v) is 6.45. The minimum absolute atomic E-state index is 0.175. The third-order valence-electron chi connectivity index (χ3n) is 6.45. The lowest BCUT2D eigenvalue weighted by atomic mass is 9.89. The Morgan fingerprint density at radius 3 is 2.54 bits per heavy atom. The first-order valence-electron chi connectivity index (χ1n) is 10.1. The van der Waals surface area contributed by atoms with Crippen molar-refractivity contribution in [1.29, 1.82) is 0 Å². The van der Waals surface area contributed by atoms with Crippen LogP contribution in [0.2, 0.25) is 0 Å². The molecule has 0 radical (unpaired) electrons. The Bertz CT molecular complexity index is 797. The van der Waals surface area contributed by atoms with Crippen LogP contribution in [0.3, 0.4) is 0 Å². The van der Waals surface area contributed by atoms with Gasteiger partial charge in [0.1, 0.15) is 0 Å². The van der Waals surface area contributed by atoms with Gasteiger partial charge in [-0.3, -0.25) is 9.89 Å². The Morgan fingerprint density at radius 1 is 1.04 bits per heavy atom. The predicted molar refractivity (Wildman–Crippen MR) is 100 cm³/mol. The van der Waals surface area contributed by atoms with Gasteiger partial charge in [-0.05, 0) is 50.0 Å². The Labute approximate surface area is 154 Å². The topological polar surface area (TPSA) is 58.2 Å². The van der Waals surface area contributed by atoms with Crippen LogP contribution in [0.4, 0.5) is 0 Å². The summed E-state index contributed by atoms with van der Waals surface area (Å²) in [6.45, 7) is 3.19. The maximum Gasteiger partial charge on any atom is 0.225 e. The summed E-state index contributed by atoms with van der Waals surface area (Å²) < 4.78 is 5.39. The molecular formula is C21H27N3O2. The van der Waals surface area contributed by atoms with Gasteiger partial charge in [-0.25, -0.2) is 0 Å². The molecule has 1 aromatic carbocycles. The highest BCUT2D eigenvalue weighted by Gasteiger charge is 2.32. The molecule has 2 aromatic rings. The number of hydrogen-bond acceptors (Lipinski definition) is 3. The summed E-state index contributed by atoms with van der Waals surface area (Å²) in [6, 6.07) is 6.62. The van der Waals surface area contributed by atoms with E-state index in [0.717, 1.165) is 52.0 Å². The monoisotopic (exact) mass is 353 g/mol. The van der Waals surface area contributed by atoms with Gasteiger partial charge in [-0.15, -0.1) is 0 Å². The maximum atomic E-state index is 12.7. The van der Waals surface area contributed by atoms with E-state index in [2.05, 4.69) is 33.3 Å². The smallest absolute Gasteiger partial charge is 0.225 e. The lowest BCUT2D eigenvalue weighted by Gasteiger charge is -2.35. The van der Waals surface area contributed by atoms with Crippen molar-refractivity contribution < 1.29 is 9.53 Å². The minimum atomic E-state index is 0.175. The summed E-state index contributed by atoms with van der Waals surface area (Å²) in [4.78, 5) is 14.8. The molecule has 3 heterocycles. The van der Waals surface area contributed by atoms with Crippen molar-refractivity contribution in [1.82, 2.24) is 15.1 Å². The van der Waals surface area contributed by atoms with Gasteiger partial charge in [-0.2, -0.15) is 5.10 Å². The second kappa shape index (κ2) is 6.69. The van der Waals surface area contributed by atoms with Crippen molar-refractivity contribution in [3.8, 4) is 0 Å². The van der Waals surface area contributed by atoms with E-state index < -0.39 is 0 Å². The summed E-state index contributed by atoms with van der Waals surface area (Å²) in [5, 5.41) is 9.30. The van der Waals surface area contributed by atoms with Crippen LogP contribution in [-0.2, 0) is 9.53 Å². The molecule has 5 nitrogen and oxygen atoms in total. The molecule has 2 saturated heterocycles. The number of nitrogens with zero attached hydrogens (tertiary/aromatic N) is 2. The number of carbonyl (C=O) groups is 1. The molecule has 2 aliphatic heterocycles. The zero-order chi connectivity index (χ0) is 17.5. The molecule has 0 atom stereocenters. The molecule has 1 aliphatic carbocycles. The Balaban J connectivity index is 1.29. The highest BCUT2D eigenvalue weighted by molar-refractivity contribution is 5.85. The minimum Gasteiger partial charge on any atom is -0.381 e. The van der Waals surface area contributed by atoms with Crippen molar-refractivity contribution in [2.75, 3.05) is 26.3 Å². The van der Waals surface area contributed by atoms with Crippen LogP contribution in [0.15, 0.2) is 18.2 Å². The van der Waals surface area contributed by atoms with Gasteiger partial charge in [-0.1, -0.05) is 18.2 Å². The van der Waals surface area contributed by atoms with Gasteiger partial charge in [0.05, 0.1) is 5.52 Å². The zero-order valence-corrected chi connectivity index (χ0v) is 15.2. The molecule has 3 fully saturated rings. The van der Waals surface area contributed by atoms with Crippen molar-refractivity contribution in [3.05, 3.63) is 29.5 Å². The van der Waals surface area contributed by atoms with Crippen LogP contribution >= 0.6 is 0 Å². The highest BCUT2D eigenvalue weighted by atomic mass is 16.5. The summed E-state index contributed by atoms with van der Waals surface area (Å²) >= 11 is 0. The number of amides is 1. The van der Waals surface area contributed by atoms with Gasteiger partial charge >= 0.3 is 0 Å². The van der Waals surface area contributed by atoms with Gasteiger partial charge in [0.2, 0.25) is 5.91 Å². The third kappa shape index (κ3) is 2.92. The van der Waals surface area contributed by atoms with Gasteiger partial charge in [0.15, 0.2) is 0 Å². The largest absolute Gasteiger partial charge is 0.381 e. The van der Waals surface area contributed by atoms with Crippen LogP contribution in [0.5, 0.6) is 0 Å². The quantitative estimate of drug-likeness (QED) is 0.918. The molecule has 1 saturated carbocycles. The molecule has 1 amide bonds. The van der Waals surface area contributed by atoms with Crippen LogP contribution in [0.25, 0.3) is 10.9 Å². The predicted octanol–water partition coefficient (Wildman–Crippen LogP) is 3.57. The highest BCUT2D eigenvalue weighted by Crippen LogP contribution is 2.43. The average molecular weight is 353 g/mol. The number of H-pyrrole nitrogens is 1. The van der Waals surface area contributed by atoms with E-state index in [1.807, 2.05) is 0 Å². The molecule has 138 valence electrons. The first-order chi connectivity index (χ1) is 12.8. The number of hydrogen-bond donors (Lipinski definition) is 1. The molecule has 0 spiro atoms. The van der Waals surface area contributed by atoms with Crippen molar-refractivity contribution in [2.24, 2.45) is 5.92 Å². The number of ether oxygens (including phenoxy) is 1. The normalized spacial score (nSPS) is 22.8. The maximum absolute atomic E-state index is 12.7. The van der Waals surface area contributed by atoms with Crippen LogP contribution in [-0.4, -0.2) is 47.3 Å². The second-order valence-electron chi connectivity index (χ2n) is 8.14. The van der Waals surface area contributed by atoms with Crippen LogP contribution in [0, 0.1) is 5.92 Å². The Morgan fingerprint density at radius 2 is 1.81 bits per heavy atom. The Hall–Kier alpha value is -1.88. The number of piperidine rings is 1. The molecule has 1 aromatic heterocycles. The van der Waals surface area contributed by atoms with E-state index in [1.165, 1.54) is 35.0 Å². The SMILES string of the molecule is O=C(C1CCOCC1)N1CCC(c2[nH]nc3c(C4CC4)cccc23)CC1. The lowest BCUT2D eigenvalue weighted by Crippen LogP contribution is -2.42. The molecular weight excluding hydrogens is 326 g/mol. The van der Waals surface area contributed by atoms with Crippen molar-refractivity contribution in [3.63, 3.8) is 0 Å². The first kappa shape index (κ1) is 16.3. The molecule has 0 bridgehead atoms. The average Bonchev–Trinajstić information content (AvgIpc) is 3.46. The van der Waals surface area contributed by atoms with E-state index >= 15 is 0 Å². The van der Waals surface area contributed by atoms with Gasteiger partial charge in [0.25, 0.3) is 0 Å². The van der Waals surface area contributed by atoms with Crippen LogP contribution < -0.4 is 0 Å². The van der Waals surface area contributed by atoms with Gasteiger partial charge in [0, 0.05) is 49.2 Å². The molecule has 3 aliphatic rings. The fraction of sp³-hybridized carbons (Fsp3) is 0.619. The van der Waals surface area contributed by atoms with Crippen LogP contribution in [0.1, 0.15) is 61.6 Å². The number of likely N-dealkylation sites (tertiary alicyclic amines) is 1. The molecule has 0 unspecified atom stereocenters. The van der Waals surface area contributed by atoms with E-state index in [0.29, 0.717) is 17.7 Å². The molecule has 1 N–H and O–H groups in total. The number of fused-ring (bicyclic) bond motifs is 1. The van der Waals surface area contributed by atoms with Gasteiger partial charge < -0.3 is 9.64 Å². The van der Waals surface area contributed by atoms with E-state index in [4.69, 9.17) is 4.74 Å².